The first-order valence-corrected chi connectivity index (χ1v) is 8.93. The zero-order valence-corrected chi connectivity index (χ0v) is 14.9. The summed E-state index contributed by atoms with van der Waals surface area (Å²) in [5.41, 5.74) is 4.55. The molecular weight excluding hydrogens is 312 g/mol. The normalized spacial score (nSPS) is 20.6. The van der Waals surface area contributed by atoms with Crippen LogP contribution in [0, 0.1) is 19.8 Å². The molecule has 25 heavy (non-hydrogen) atoms. The van der Waals surface area contributed by atoms with Crippen molar-refractivity contribution in [1.82, 2.24) is 10.3 Å². The van der Waals surface area contributed by atoms with Gasteiger partial charge in [-0.1, -0.05) is 23.8 Å². The van der Waals surface area contributed by atoms with Crippen molar-refractivity contribution in [3.63, 3.8) is 0 Å². The van der Waals surface area contributed by atoms with Crippen molar-refractivity contribution < 1.29 is 9.90 Å². The molecule has 1 aliphatic rings. The molecule has 4 heteroatoms. The van der Waals surface area contributed by atoms with Crippen LogP contribution in [-0.2, 0) is 17.6 Å². The summed E-state index contributed by atoms with van der Waals surface area (Å²) in [4.78, 5) is 16.7. The Hall–Kier alpha value is -2.20. The average molecular weight is 338 g/mol. The van der Waals surface area contributed by atoms with Crippen molar-refractivity contribution in [2.24, 2.45) is 5.92 Å². The molecule has 132 valence electrons. The number of hydrogen-bond acceptors (Lipinski definition) is 3. The minimum absolute atomic E-state index is 0.0501. The number of aryl methyl sites for hydroxylation is 2. The van der Waals surface area contributed by atoms with Gasteiger partial charge in [0.25, 0.3) is 0 Å². The molecule has 0 aliphatic heterocycles. The van der Waals surface area contributed by atoms with E-state index in [2.05, 4.69) is 28.5 Å². The van der Waals surface area contributed by atoms with Crippen LogP contribution in [0.3, 0.4) is 0 Å². The number of aliphatic hydroxyl groups excluding tert-OH is 1. The number of rotatable bonds is 6. The summed E-state index contributed by atoms with van der Waals surface area (Å²) in [5.74, 6) is 0.389. The van der Waals surface area contributed by atoms with Crippen LogP contribution in [0.4, 0.5) is 0 Å². The van der Waals surface area contributed by atoms with Crippen molar-refractivity contribution in [3.8, 4) is 0 Å². The molecule has 1 amide bonds. The summed E-state index contributed by atoms with van der Waals surface area (Å²) in [6.07, 6.45) is 6.04. The predicted octanol–water partition coefficient (Wildman–Crippen LogP) is 2.74. The number of aliphatic hydroxyl groups is 1. The highest BCUT2D eigenvalue weighted by Crippen LogP contribution is 2.31. The Bertz CT molecular complexity index is 724. The maximum Gasteiger partial charge on any atom is 0.224 e. The van der Waals surface area contributed by atoms with Crippen LogP contribution in [0.15, 0.2) is 42.7 Å². The quantitative estimate of drug-likeness (QED) is 0.851. The third-order valence-electron chi connectivity index (χ3n) is 5.13. The van der Waals surface area contributed by atoms with Crippen LogP contribution in [-0.4, -0.2) is 28.1 Å². The van der Waals surface area contributed by atoms with E-state index >= 15 is 0 Å². The Morgan fingerprint density at radius 1 is 1.24 bits per heavy atom. The molecule has 1 aromatic carbocycles. The van der Waals surface area contributed by atoms with Gasteiger partial charge < -0.3 is 10.4 Å². The Morgan fingerprint density at radius 3 is 2.64 bits per heavy atom. The molecule has 0 saturated heterocycles. The highest BCUT2D eigenvalue weighted by atomic mass is 16.3. The van der Waals surface area contributed by atoms with Crippen LogP contribution in [0.2, 0.25) is 0 Å². The number of amides is 1. The minimum Gasteiger partial charge on any atom is -0.393 e. The van der Waals surface area contributed by atoms with E-state index in [1.807, 2.05) is 26.0 Å². The molecule has 0 spiro atoms. The third-order valence-corrected chi connectivity index (χ3v) is 5.13. The summed E-state index contributed by atoms with van der Waals surface area (Å²) in [6.45, 7) is 4.08. The summed E-state index contributed by atoms with van der Waals surface area (Å²) >= 11 is 0. The molecule has 1 atom stereocenters. The van der Waals surface area contributed by atoms with Crippen LogP contribution in [0.5, 0.6) is 0 Å². The number of hydrogen-bond donors (Lipinski definition) is 2. The molecule has 1 aromatic heterocycles. The Morgan fingerprint density at radius 2 is 1.96 bits per heavy atom. The van der Waals surface area contributed by atoms with E-state index in [4.69, 9.17) is 0 Å². The summed E-state index contributed by atoms with van der Waals surface area (Å²) in [6, 6.07) is 10.2. The van der Waals surface area contributed by atoms with Crippen molar-refractivity contribution in [2.45, 2.75) is 51.7 Å². The molecule has 0 bridgehead atoms. The highest BCUT2D eigenvalue weighted by Gasteiger charge is 2.34. The fraction of sp³-hybridized carbons (Fsp3) is 0.429. The van der Waals surface area contributed by atoms with Crippen molar-refractivity contribution in [2.75, 3.05) is 0 Å². The first-order chi connectivity index (χ1) is 12.0. The van der Waals surface area contributed by atoms with E-state index in [0.717, 1.165) is 36.0 Å². The van der Waals surface area contributed by atoms with Gasteiger partial charge in [-0.15, -0.1) is 0 Å². The van der Waals surface area contributed by atoms with Gasteiger partial charge in [0, 0.05) is 18.4 Å². The van der Waals surface area contributed by atoms with E-state index < -0.39 is 0 Å². The van der Waals surface area contributed by atoms with Crippen LogP contribution in [0.1, 0.15) is 35.1 Å². The first-order valence-electron chi connectivity index (χ1n) is 8.93. The lowest BCUT2D eigenvalue weighted by atomic mass is 9.75. The lowest BCUT2D eigenvalue weighted by Gasteiger charge is -2.38. The Balaban J connectivity index is 1.66. The topological polar surface area (TPSA) is 62.2 Å². The molecule has 0 radical (unpaired) electrons. The second-order valence-electron chi connectivity index (χ2n) is 7.23. The summed E-state index contributed by atoms with van der Waals surface area (Å²) in [5, 5.41) is 12.9. The standard InChI is InChI=1S/C21H26N2O2/c1-14-3-4-15(2)17(9-14)13-21(25)23-20(18-11-19(24)12-18)10-16-5-7-22-8-6-16/h3-9,18-20,24H,10-13H2,1-2H3,(H,23,25)/t18?,19?,20-/m1/s1. The zero-order chi connectivity index (χ0) is 17.8. The first kappa shape index (κ1) is 17.6. The van der Waals surface area contributed by atoms with Crippen LogP contribution in [0.25, 0.3) is 0 Å². The molecule has 1 aliphatic carbocycles. The number of benzene rings is 1. The molecular formula is C21H26N2O2. The zero-order valence-electron chi connectivity index (χ0n) is 14.9. The molecule has 1 fully saturated rings. The Labute approximate surface area is 149 Å². The summed E-state index contributed by atoms with van der Waals surface area (Å²) in [7, 11) is 0. The molecule has 0 unspecified atom stereocenters. The van der Waals surface area contributed by atoms with E-state index in [-0.39, 0.29) is 18.1 Å². The summed E-state index contributed by atoms with van der Waals surface area (Å²) < 4.78 is 0. The molecule has 3 rings (SSSR count). The molecule has 4 nitrogen and oxygen atoms in total. The van der Waals surface area contributed by atoms with Crippen LogP contribution < -0.4 is 5.32 Å². The Kier molecular flexibility index (Phi) is 5.49. The second kappa shape index (κ2) is 7.79. The molecule has 1 heterocycles. The van der Waals surface area contributed by atoms with Gasteiger partial charge in [0.1, 0.15) is 0 Å². The molecule has 2 aromatic rings. The second-order valence-corrected chi connectivity index (χ2v) is 7.23. The largest absolute Gasteiger partial charge is 0.393 e. The van der Waals surface area contributed by atoms with E-state index in [9.17, 15) is 9.90 Å². The van der Waals surface area contributed by atoms with Gasteiger partial charge >= 0.3 is 0 Å². The van der Waals surface area contributed by atoms with Gasteiger partial charge in [-0.2, -0.15) is 0 Å². The van der Waals surface area contributed by atoms with E-state index in [1.165, 1.54) is 5.56 Å². The highest BCUT2D eigenvalue weighted by molar-refractivity contribution is 5.79. The maximum absolute atomic E-state index is 12.6. The van der Waals surface area contributed by atoms with Gasteiger partial charge in [-0.05, 0) is 67.9 Å². The van der Waals surface area contributed by atoms with E-state index in [1.54, 1.807) is 12.4 Å². The minimum atomic E-state index is -0.221. The fourth-order valence-electron chi connectivity index (χ4n) is 3.49. The van der Waals surface area contributed by atoms with E-state index in [0.29, 0.717) is 12.3 Å². The number of nitrogens with one attached hydrogen (secondary N) is 1. The van der Waals surface area contributed by atoms with Crippen LogP contribution >= 0.6 is 0 Å². The SMILES string of the molecule is Cc1ccc(C)c(CC(=O)N[C@H](Cc2ccncc2)C2CC(O)C2)c1. The van der Waals surface area contributed by atoms with Gasteiger partial charge in [0.15, 0.2) is 0 Å². The monoisotopic (exact) mass is 338 g/mol. The number of nitrogens with zero attached hydrogens (tertiary/aromatic N) is 1. The lowest BCUT2D eigenvalue weighted by molar-refractivity contribution is -0.122. The third kappa shape index (κ3) is 4.67. The molecule has 1 saturated carbocycles. The van der Waals surface area contributed by atoms with Crippen molar-refractivity contribution in [1.29, 1.82) is 0 Å². The number of pyridine rings is 1. The number of aromatic nitrogens is 1. The van der Waals surface area contributed by atoms with Gasteiger partial charge in [0.05, 0.1) is 12.5 Å². The van der Waals surface area contributed by atoms with Gasteiger partial charge in [-0.25, -0.2) is 0 Å². The van der Waals surface area contributed by atoms with Crippen molar-refractivity contribution in [3.05, 3.63) is 65.0 Å². The predicted molar refractivity (Wildman–Crippen MR) is 98.2 cm³/mol. The maximum atomic E-state index is 12.6. The average Bonchev–Trinajstić information content (AvgIpc) is 2.56. The van der Waals surface area contributed by atoms with Gasteiger partial charge in [0.2, 0.25) is 5.91 Å². The van der Waals surface area contributed by atoms with Gasteiger partial charge in [-0.3, -0.25) is 9.78 Å². The number of carbonyl (C=O) groups is 1. The smallest absolute Gasteiger partial charge is 0.224 e. The fourth-order valence-corrected chi connectivity index (χ4v) is 3.49. The molecule has 2 N–H and O–H groups in total. The number of carbonyl (C=O) groups excluding carboxylic acids is 1. The lowest BCUT2D eigenvalue weighted by Crippen LogP contribution is -2.48. The van der Waals surface area contributed by atoms with Crippen molar-refractivity contribution >= 4 is 5.91 Å².